The van der Waals surface area contributed by atoms with Crippen LogP contribution in [0.25, 0.3) is 0 Å². The first-order chi connectivity index (χ1) is 15.9. The van der Waals surface area contributed by atoms with Gasteiger partial charge in [0.1, 0.15) is 23.3 Å². The fourth-order valence-electron chi connectivity index (χ4n) is 3.85. The quantitative estimate of drug-likeness (QED) is 0.659. The summed E-state index contributed by atoms with van der Waals surface area (Å²) < 4.78 is 15.7. The number of carbonyl (C=O) groups is 2. The topological polar surface area (TPSA) is 80.3 Å². The van der Waals surface area contributed by atoms with E-state index in [1.54, 1.807) is 25.3 Å². The van der Waals surface area contributed by atoms with Crippen LogP contribution in [-0.4, -0.2) is 70.3 Å². The number of amides is 2. The van der Waals surface area contributed by atoms with Gasteiger partial charge in [-0.05, 0) is 42.3 Å². The Labute approximate surface area is 195 Å². The number of methoxy groups -OCH3 is 3. The smallest absolute Gasteiger partial charge is 0.252 e. The Morgan fingerprint density at radius 1 is 0.818 bits per heavy atom. The van der Waals surface area contributed by atoms with Crippen LogP contribution in [0.2, 0.25) is 0 Å². The summed E-state index contributed by atoms with van der Waals surface area (Å²) in [6.07, 6.45) is 0. The van der Waals surface area contributed by atoms with Gasteiger partial charge in [0.05, 0.1) is 21.3 Å². The monoisotopic (exact) mass is 455 g/mol. The Hall–Kier alpha value is -3.42. The van der Waals surface area contributed by atoms with E-state index in [1.807, 2.05) is 43.0 Å². The minimum absolute atomic E-state index is 0.0615. The van der Waals surface area contributed by atoms with Gasteiger partial charge < -0.3 is 29.3 Å². The molecular weight excluding hydrogens is 422 g/mol. The number of hydrogen-bond acceptors (Lipinski definition) is 6. The van der Waals surface area contributed by atoms with Crippen LogP contribution in [0, 0.1) is 5.92 Å². The van der Waals surface area contributed by atoms with E-state index in [4.69, 9.17) is 14.2 Å². The van der Waals surface area contributed by atoms with Gasteiger partial charge in [-0.3, -0.25) is 9.59 Å². The Morgan fingerprint density at radius 3 is 1.85 bits per heavy atom. The molecule has 1 fully saturated rings. The molecule has 0 aromatic heterocycles. The highest BCUT2D eigenvalue weighted by Gasteiger charge is 2.31. The summed E-state index contributed by atoms with van der Waals surface area (Å²) in [5.41, 5.74) is 1.48. The summed E-state index contributed by atoms with van der Waals surface area (Å²) in [5.74, 6) is 1.38. The average molecular weight is 456 g/mol. The fraction of sp³-hybridized carbons (Fsp3) is 0.440. The van der Waals surface area contributed by atoms with Crippen LogP contribution in [0.15, 0.2) is 42.5 Å². The Morgan fingerprint density at radius 2 is 1.36 bits per heavy atom. The maximum atomic E-state index is 13.3. The number of rotatable bonds is 8. The van der Waals surface area contributed by atoms with Crippen LogP contribution < -0.4 is 24.4 Å². The molecule has 8 nitrogen and oxygen atoms in total. The Balaban J connectivity index is 1.65. The zero-order chi connectivity index (χ0) is 24.0. The predicted octanol–water partition coefficient (Wildman–Crippen LogP) is 2.82. The largest absolute Gasteiger partial charge is 0.497 e. The summed E-state index contributed by atoms with van der Waals surface area (Å²) in [4.78, 5) is 30.3. The lowest BCUT2D eigenvalue weighted by molar-refractivity contribution is -0.134. The number of anilines is 1. The second kappa shape index (κ2) is 10.9. The minimum atomic E-state index is -0.623. The van der Waals surface area contributed by atoms with E-state index in [0.717, 1.165) is 24.5 Å². The molecule has 1 heterocycles. The summed E-state index contributed by atoms with van der Waals surface area (Å²) in [5, 5.41) is 2.92. The van der Waals surface area contributed by atoms with E-state index in [9.17, 15) is 9.59 Å². The molecule has 1 atom stereocenters. The molecule has 0 radical (unpaired) electrons. The molecule has 0 unspecified atom stereocenters. The lowest BCUT2D eigenvalue weighted by Gasteiger charge is -2.38. The standard InChI is InChI=1S/C25H33N3O5/c1-17(2)23(26-24(29)18-14-21(32-4)16-22(15-18)33-5)25(30)28-12-10-27(11-13-28)19-6-8-20(31-3)9-7-19/h6-9,14-17,23H,10-13H2,1-5H3,(H,26,29)/t23-/m0/s1. The van der Waals surface area contributed by atoms with Crippen LogP contribution in [0.4, 0.5) is 5.69 Å². The molecule has 1 saturated heterocycles. The van der Waals surface area contributed by atoms with Gasteiger partial charge in [-0.25, -0.2) is 0 Å². The maximum Gasteiger partial charge on any atom is 0.252 e. The summed E-state index contributed by atoms with van der Waals surface area (Å²) in [7, 11) is 4.71. The molecule has 8 heteroatoms. The summed E-state index contributed by atoms with van der Waals surface area (Å²) in [6.45, 7) is 6.51. The van der Waals surface area contributed by atoms with Crippen molar-refractivity contribution in [1.82, 2.24) is 10.2 Å². The van der Waals surface area contributed by atoms with E-state index < -0.39 is 6.04 Å². The SMILES string of the molecule is COc1ccc(N2CCN(C(=O)[C@@H](NC(=O)c3cc(OC)cc(OC)c3)C(C)C)CC2)cc1. The normalized spacial score (nSPS) is 14.6. The minimum Gasteiger partial charge on any atom is -0.497 e. The fourth-order valence-corrected chi connectivity index (χ4v) is 3.85. The maximum absolute atomic E-state index is 13.3. The molecule has 1 aliphatic rings. The van der Waals surface area contributed by atoms with Crippen LogP contribution in [-0.2, 0) is 4.79 Å². The number of nitrogens with zero attached hydrogens (tertiary/aromatic N) is 2. The number of ether oxygens (including phenoxy) is 3. The molecule has 2 amide bonds. The van der Waals surface area contributed by atoms with Crippen LogP contribution in [0.5, 0.6) is 17.2 Å². The first-order valence-electron chi connectivity index (χ1n) is 11.1. The second-order valence-electron chi connectivity index (χ2n) is 8.31. The molecule has 0 spiro atoms. The molecule has 33 heavy (non-hydrogen) atoms. The van der Waals surface area contributed by atoms with Gasteiger partial charge in [-0.15, -0.1) is 0 Å². The highest BCUT2D eigenvalue weighted by atomic mass is 16.5. The summed E-state index contributed by atoms with van der Waals surface area (Å²) >= 11 is 0. The molecular formula is C25H33N3O5. The van der Waals surface area contributed by atoms with E-state index in [1.165, 1.54) is 14.2 Å². The van der Waals surface area contributed by atoms with Gasteiger partial charge in [0, 0.05) is 43.5 Å². The zero-order valence-corrected chi connectivity index (χ0v) is 20.0. The van der Waals surface area contributed by atoms with E-state index >= 15 is 0 Å². The van der Waals surface area contributed by atoms with Gasteiger partial charge in [-0.2, -0.15) is 0 Å². The van der Waals surface area contributed by atoms with Crippen molar-refractivity contribution >= 4 is 17.5 Å². The number of hydrogen-bond donors (Lipinski definition) is 1. The lowest BCUT2D eigenvalue weighted by atomic mass is 10.0. The van der Waals surface area contributed by atoms with Crippen molar-refractivity contribution in [3.05, 3.63) is 48.0 Å². The van der Waals surface area contributed by atoms with E-state index in [0.29, 0.717) is 30.2 Å². The highest BCUT2D eigenvalue weighted by Crippen LogP contribution is 2.23. The van der Waals surface area contributed by atoms with E-state index in [2.05, 4.69) is 10.2 Å². The van der Waals surface area contributed by atoms with Gasteiger partial charge in [0.2, 0.25) is 5.91 Å². The van der Waals surface area contributed by atoms with Crippen molar-refractivity contribution in [2.24, 2.45) is 5.92 Å². The molecule has 2 aromatic rings. The molecule has 0 saturated carbocycles. The number of piperazine rings is 1. The van der Waals surface area contributed by atoms with Crippen molar-refractivity contribution in [1.29, 1.82) is 0 Å². The zero-order valence-electron chi connectivity index (χ0n) is 20.0. The third-order valence-corrected chi connectivity index (χ3v) is 5.86. The van der Waals surface area contributed by atoms with Gasteiger partial charge >= 0.3 is 0 Å². The van der Waals surface area contributed by atoms with Crippen molar-refractivity contribution in [3.63, 3.8) is 0 Å². The van der Waals surface area contributed by atoms with E-state index in [-0.39, 0.29) is 17.7 Å². The molecule has 2 aromatic carbocycles. The molecule has 1 N–H and O–H groups in total. The van der Waals surface area contributed by atoms with Crippen LogP contribution in [0.1, 0.15) is 24.2 Å². The van der Waals surface area contributed by atoms with Crippen molar-refractivity contribution in [2.75, 3.05) is 52.4 Å². The third kappa shape index (κ3) is 5.88. The van der Waals surface area contributed by atoms with Crippen LogP contribution >= 0.6 is 0 Å². The number of carbonyl (C=O) groups excluding carboxylic acids is 2. The van der Waals surface area contributed by atoms with Gasteiger partial charge in [-0.1, -0.05) is 13.8 Å². The Kier molecular flexibility index (Phi) is 8.03. The number of benzene rings is 2. The molecule has 3 rings (SSSR count). The van der Waals surface area contributed by atoms with Crippen molar-refractivity contribution < 1.29 is 23.8 Å². The van der Waals surface area contributed by atoms with Crippen LogP contribution in [0.3, 0.4) is 0 Å². The van der Waals surface area contributed by atoms with Gasteiger partial charge in [0.15, 0.2) is 0 Å². The average Bonchev–Trinajstić information content (AvgIpc) is 2.86. The third-order valence-electron chi connectivity index (χ3n) is 5.86. The highest BCUT2D eigenvalue weighted by molar-refractivity contribution is 5.98. The molecule has 0 bridgehead atoms. The lowest BCUT2D eigenvalue weighted by Crippen LogP contribution is -2.56. The Bertz CT molecular complexity index is 931. The van der Waals surface area contributed by atoms with Gasteiger partial charge in [0.25, 0.3) is 5.91 Å². The number of nitrogens with one attached hydrogen (secondary N) is 1. The van der Waals surface area contributed by atoms with Crippen molar-refractivity contribution in [2.45, 2.75) is 19.9 Å². The molecule has 0 aliphatic carbocycles. The van der Waals surface area contributed by atoms with Crippen molar-refractivity contribution in [3.8, 4) is 17.2 Å². The molecule has 178 valence electrons. The molecule has 1 aliphatic heterocycles. The first-order valence-corrected chi connectivity index (χ1v) is 11.1. The second-order valence-corrected chi connectivity index (χ2v) is 8.31. The predicted molar refractivity (Wildman–Crippen MR) is 127 cm³/mol. The first kappa shape index (κ1) is 24.2. The summed E-state index contributed by atoms with van der Waals surface area (Å²) in [6, 6.07) is 12.3.